The molecule has 0 aliphatic heterocycles. The summed E-state index contributed by atoms with van der Waals surface area (Å²) in [4.78, 5) is 7.24. The van der Waals surface area contributed by atoms with Gasteiger partial charge in [-0.1, -0.05) is 6.07 Å². The van der Waals surface area contributed by atoms with E-state index in [2.05, 4.69) is 20.6 Å². The van der Waals surface area contributed by atoms with Crippen LogP contribution in [0, 0.1) is 17.1 Å². The van der Waals surface area contributed by atoms with Crippen LogP contribution in [0.2, 0.25) is 0 Å². The largest absolute Gasteiger partial charge is 0.433 e. The molecule has 0 fully saturated rings. The Bertz CT molecular complexity index is 788. The minimum Gasteiger partial charge on any atom is -0.396 e. The monoisotopic (exact) mass is 355 g/mol. The van der Waals surface area contributed by atoms with E-state index < -0.39 is 17.7 Å². The zero-order chi connectivity index (χ0) is 18.4. The molecule has 0 aliphatic rings. The molecule has 0 saturated heterocycles. The van der Waals surface area contributed by atoms with Gasteiger partial charge in [-0.25, -0.2) is 9.37 Å². The highest BCUT2D eigenvalue weighted by Crippen LogP contribution is 2.31. The molecule has 0 amide bonds. The van der Waals surface area contributed by atoms with Crippen molar-refractivity contribution >= 4 is 17.5 Å². The Morgan fingerprint density at radius 3 is 2.64 bits per heavy atom. The molecule has 2 rings (SSSR count). The Balaban J connectivity index is 2.38. The third-order valence-corrected chi connectivity index (χ3v) is 3.02. The van der Waals surface area contributed by atoms with Crippen molar-refractivity contribution in [1.29, 1.82) is 5.26 Å². The predicted octanol–water partition coefficient (Wildman–Crippen LogP) is 3.04. The van der Waals surface area contributed by atoms with Gasteiger partial charge in [0.1, 0.15) is 23.3 Å². The highest BCUT2D eigenvalue weighted by Gasteiger charge is 2.33. The Morgan fingerprint density at radius 1 is 1.24 bits per heavy atom. The van der Waals surface area contributed by atoms with Gasteiger partial charge in [-0.2, -0.15) is 23.4 Å². The van der Waals surface area contributed by atoms with Crippen molar-refractivity contribution < 1.29 is 22.7 Å². The molecular weight excluding hydrogens is 342 g/mol. The molecule has 0 spiro atoms. The van der Waals surface area contributed by atoms with Crippen LogP contribution in [0.3, 0.4) is 0 Å². The second-order valence-electron chi connectivity index (χ2n) is 4.86. The van der Waals surface area contributed by atoms with Gasteiger partial charge in [0.25, 0.3) is 0 Å². The van der Waals surface area contributed by atoms with Crippen LogP contribution in [0.25, 0.3) is 0 Å². The van der Waals surface area contributed by atoms with Crippen molar-refractivity contribution in [3.05, 3.63) is 41.3 Å². The van der Waals surface area contributed by atoms with E-state index in [1.54, 1.807) is 6.07 Å². The molecule has 6 nitrogen and oxygen atoms in total. The molecule has 1 aromatic heterocycles. The van der Waals surface area contributed by atoms with Gasteiger partial charge in [0, 0.05) is 19.2 Å². The molecule has 0 saturated carbocycles. The predicted molar refractivity (Wildman–Crippen MR) is 81.6 cm³/mol. The zero-order valence-electron chi connectivity index (χ0n) is 12.7. The fourth-order valence-corrected chi connectivity index (χ4v) is 1.89. The smallest absolute Gasteiger partial charge is 0.396 e. The van der Waals surface area contributed by atoms with Crippen LogP contribution in [0.4, 0.5) is 35.0 Å². The summed E-state index contributed by atoms with van der Waals surface area (Å²) in [5, 5.41) is 22.8. The van der Waals surface area contributed by atoms with E-state index in [4.69, 9.17) is 10.4 Å². The number of benzene rings is 1. The molecule has 0 bridgehead atoms. The molecule has 10 heteroatoms. The summed E-state index contributed by atoms with van der Waals surface area (Å²) < 4.78 is 52.6. The summed E-state index contributed by atoms with van der Waals surface area (Å²) in [6.07, 6.45) is -4.42. The van der Waals surface area contributed by atoms with E-state index in [-0.39, 0.29) is 36.2 Å². The van der Waals surface area contributed by atoms with Crippen LogP contribution in [0.1, 0.15) is 17.7 Å². The fraction of sp³-hybridized carbons (Fsp3) is 0.267. The molecule has 1 aromatic carbocycles. The van der Waals surface area contributed by atoms with Crippen molar-refractivity contribution in [2.24, 2.45) is 0 Å². The normalized spacial score (nSPS) is 11.0. The van der Waals surface area contributed by atoms with E-state index in [9.17, 15) is 17.6 Å². The molecular formula is C15H13F4N5O. The zero-order valence-corrected chi connectivity index (χ0v) is 12.7. The number of rotatable bonds is 6. The Labute approximate surface area is 140 Å². The summed E-state index contributed by atoms with van der Waals surface area (Å²) in [5.41, 5.74) is -1.56. The lowest BCUT2D eigenvalue weighted by atomic mass is 10.2. The van der Waals surface area contributed by atoms with Crippen LogP contribution in [0.5, 0.6) is 0 Å². The first-order valence-electron chi connectivity index (χ1n) is 7.12. The first-order valence-corrected chi connectivity index (χ1v) is 7.12. The average Bonchev–Trinajstić information content (AvgIpc) is 2.54. The third kappa shape index (κ3) is 4.77. The SMILES string of the molecule is N#Cc1c(F)cccc1Nc1cc(C(F)(F)F)nc(NCCCO)n1. The minimum absolute atomic E-state index is 0.0179. The van der Waals surface area contributed by atoms with E-state index in [1.807, 2.05) is 0 Å². The molecule has 0 radical (unpaired) electrons. The number of nitrogens with zero attached hydrogens (tertiary/aromatic N) is 3. The topological polar surface area (TPSA) is 93.9 Å². The van der Waals surface area contributed by atoms with Crippen molar-refractivity contribution in [2.75, 3.05) is 23.8 Å². The standard InChI is InChI=1S/C15H13F4N5O/c16-10-3-1-4-11(9(10)8-20)22-13-7-12(15(17,18)19)23-14(24-13)21-5-2-6-25/h1,3-4,7,25H,2,5-6H2,(H2,21,22,23,24). The van der Waals surface area contributed by atoms with Gasteiger partial charge < -0.3 is 15.7 Å². The Morgan fingerprint density at radius 2 is 2.00 bits per heavy atom. The molecule has 1 heterocycles. The number of hydrogen-bond acceptors (Lipinski definition) is 6. The number of anilines is 3. The Hall–Kier alpha value is -2.93. The van der Waals surface area contributed by atoms with Crippen LogP contribution < -0.4 is 10.6 Å². The Kier molecular flexibility index (Phi) is 5.71. The number of nitriles is 1. The van der Waals surface area contributed by atoms with Crippen molar-refractivity contribution in [3.63, 3.8) is 0 Å². The number of halogens is 4. The number of aromatic nitrogens is 2. The first-order chi connectivity index (χ1) is 11.8. The third-order valence-electron chi connectivity index (χ3n) is 3.02. The molecule has 25 heavy (non-hydrogen) atoms. The quantitative estimate of drug-likeness (QED) is 0.545. The number of hydrogen-bond donors (Lipinski definition) is 3. The molecule has 0 atom stereocenters. The van der Waals surface area contributed by atoms with E-state index in [0.717, 1.165) is 6.07 Å². The van der Waals surface area contributed by atoms with Crippen LogP contribution >= 0.6 is 0 Å². The summed E-state index contributed by atoms with van der Waals surface area (Å²) in [6, 6.07) is 6.01. The van der Waals surface area contributed by atoms with E-state index >= 15 is 0 Å². The van der Waals surface area contributed by atoms with Gasteiger partial charge >= 0.3 is 6.18 Å². The van der Waals surface area contributed by atoms with Crippen molar-refractivity contribution in [3.8, 4) is 6.07 Å². The maximum Gasteiger partial charge on any atom is 0.433 e. The van der Waals surface area contributed by atoms with Gasteiger partial charge in [-0.05, 0) is 18.6 Å². The molecule has 3 N–H and O–H groups in total. The van der Waals surface area contributed by atoms with Crippen molar-refractivity contribution in [2.45, 2.75) is 12.6 Å². The van der Waals surface area contributed by atoms with Gasteiger partial charge in [0.15, 0.2) is 5.69 Å². The minimum atomic E-state index is -4.72. The molecule has 132 valence electrons. The lowest BCUT2D eigenvalue weighted by molar-refractivity contribution is -0.141. The lowest BCUT2D eigenvalue weighted by Gasteiger charge is -2.13. The number of nitrogens with one attached hydrogen (secondary N) is 2. The average molecular weight is 355 g/mol. The maximum absolute atomic E-state index is 13.6. The summed E-state index contributed by atoms with van der Waals surface area (Å²) in [7, 11) is 0. The van der Waals surface area contributed by atoms with Crippen molar-refractivity contribution in [1.82, 2.24) is 9.97 Å². The number of aliphatic hydroxyl groups is 1. The van der Waals surface area contributed by atoms with Crippen LogP contribution in [-0.4, -0.2) is 28.2 Å². The van der Waals surface area contributed by atoms with Crippen LogP contribution in [-0.2, 0) is 6.18 Å². The second kappa shape index (κ2) is 7.76. The van der Waals surface area contributed by atoms with Gasteiger partial charge in [-0.15, -0.1) is 0 Å². The summed E-state index contributed by atoms with van der Waals surface area (Å²) in [6.45, 7) is 0.0204. The summed E-state index contributed by atoms with van der Waals surface area (Å²) in [5.74, 6) is -1.37. The highest BCUT2D eigenvalue weighted by molar-refractivity contribution is 5.65. The fourth-order valence-electron chi connectivity index (χ4n) is 1.89. The molecule has 0 unspecified atom stereocenters. The van der Waals surface area contributed by atoms with Crippen LogP contribution in [0.15, 0.2) is 24.3 Å². The summed E-state index contributed by atoms with van der Waals surface area (Å²) >= 11 is 0. The lowest BCUT2D eigenvalue weighted by Crippen LogP contribution is -2.14. The first kappa shape index (κ1) is 18.4. The van der Waals surface area contributed by atoms with E-state index in [0.29, 0.717) is 12.5 Å². The highest BCUT2D eigenvalue weighted by atomic mass is 19.4. The van der Waals surface area contributed by atoms with Gasteiger partial charge in [-0.3, -0.25) is 0 Å². The molecule has 2 aromatic rings. The van der Waals surface area contributed by atoms with E-state index in [1.165, 1.54) is 12.1 Å². The van der Waals surface area contributed by atoms with Gasteiger partial charge in [0.05, 0.1) is 5.69 Å². The number of aliphatic hydroxyl groups excluding tert-OH is 1. The molecule has 0 aliphatic carbocycles. The maximum atomic E-state index is 13.6. The van der Waals surface area contributed by atoms with Gasteiger partial charge in [0.2, 0.25) is 5.95 Å². The number of alkyl halides is 3. The second-order valence-corrected chi connectivity index (χ2v) is 4.86.